The van der Waals surface area contributed by atoms with Gasteiger partial charge in [-0.3, -0.25) is 0 Å². The van der Waals surface area contributed by atoms with Crippen molar-refractivity contribution in [2.45, 2.75) is 142 Å². The first-order chi connectivity index (χ1) is 14.4. The normalized spacial score (nSPS) is 33.9. The van der Waals surface area contributed by atoms with Gasteiger partial charge in [0.1, 0.15) is 0 Å². The molecule has 0 radical (unpaired) electrons. The molecule has 2 spiro atoms. The van der Waals surface area contributed by atoms with Gasteiger partial charge in [-0.1, -0.05) is 41.5 Å². The van der Waals surface area contributed by atoms with Crippen molar-refractivity contribution >= 4 is 0 Å². The second-order valence-electron chi connectivity index (χ2n) is 13.7. The second kappa shape index (κ2) is 8.56. The predicted molar refractivity (Wildman–Crippen MR) is 124 cm³/mol. The van der Waals surface area contributed by atoms with E-state index in [1.165, 1.54) is 51.4 Å². The Morgan fingerprint density at radius 2 is 0.968 bits per heavy atom. The van der Waals surface area contributed by atoms with Crippen molar-refractivity contribution in [3.05, 3.63) is 0 Å². The van der Waals surface area contributed by atoms with E-state index < -0.39 is 0 Å². The van der Waals surface area contributed by atoms with E-state index in [2.05, 4.69) is 41.5 Å². The molecule has 0 amide bonds. The van der Waals surface area contributed by atoms with Crippen LogP contribution in [0.4, 0.5) is 0 Å². The second-order valence-corrected chi connectivity index (χ2v) is 13.7. The molecule has 31 heavy (non-hydrogen) atoms. The Morgan fingerprint density at radius 3 is 1.32 bits per heavy atom. The van der Waals surface area contributed by atoms with E-state index in [0.29, 0.717) is 24.0 Å². The first kappa shape index (κ1) is 24.0. The van der Waals surface area contributed by atoms with Crippen LogP contribution in [0.25, 0.3) is 0 Å². The molecule has 2 saturated carbocycles. The average molecular weight is 437 g/mol. The SMILES string of the molecule is CC1(C)CCC2(CCC(OCC(C)(C)COC3CCC4(CCC(C)(C)CC4)O3)O2)CC1. The number of hydrogen-bond acceptors (Lipinski definition) is 4. The zero-order chi connectivity index (χ0) is 22.4. The van der Waals surface area contributed by atoms with Gasteiger partial charge >= 0.3 is 0 Å². The largest absolute Gasteiger partial charge is 0.352 e. The minimum absolute atomic E-state index is 0.0403. The standard InChI is InChI=1S/C27H48O4/c1-23(2)11-15-26(16-12-23)9-7-21(30-26)28-19-25(5,6)20-29-22-8-10-27(31-22)17-13-24(3,4)14-18-27/h21-22H,7-20H2,1-6H3. The summed E-state index contributed by atoms with van der Waals surface area (Å²) in [7, 11) is 0. The summed E-state index contributed by atoms with van der Waals surface area (Å²) in [6, 6.07) is 0. The maximum Gasteiger partial charge on any atom is 0.158 e. The third-order valence-electron chi connectivity index (χ3n) is 8.78. The van der Waals surface area contributed by atoms with Crippen LogP contribution in [0.2, 0.25) is 0 Å². The van der Waals surface area contributed by atoms with Crippen molar-refractivity contribution in [1.29, 1.82) is 0 Å². The number of rotatable bonds is 6. The van der Waals surface area contributed by atoms with Gasteiger partial charge in [-0.2, -0.15) is 0 Å². The summed E-state index contributed by atoms with van der Waals surface area (Å²) in [6.45, 7) is 15.3. The minimum Gasteiger partial charge on any atom is -0.352 e. The van der Waals surface area contributed by atoms with Gasteiger partial charge in [-0.05, 0) is 75.0 Å². The highest BCUT2D eigenvalue weighted by Crippen LogP contribution is 2.49. The van der Waals surface area contributed by atoms with Gasteiger partial charge in [-0.25, -0.2) is 0 Å². The minimum atomic E-state index is -0.0444. The van der Waals surface area contributed by atoms with E-state index in [-0.39, 0.29) is 29.2 Å². The lowest BCUT2D eigenvalue weighted by atomic mass is 9.70. The van der Waals surface area contributed by atoms with Crippen LogP contribution in [0.15, 0.2) is 0 Å². The molecule has 180 valence electrons. The van der Waals surface area contributed by atoms with Crippen LogP contribution >= 0.6 is 0 Å². The molecule has 0 N–H and O–H groups in total. The maximum absolute atomic E-state index is 6.46. The van der Waals surface area contributed by atoms with Crippen molar-refractivity contribution < 1.29 is 18.9 Å². The lowest BCUT2D eigenvalue weighted by Crippen LogP contribution is -2.38. The fourth-order valence-corrected chi connectivity index (χ4v) is 5.97. The van der Waals surface area contributed by atoms with Crippen molar-refractivity contribution in [3.63, 3.8) is 0 Å². The van der Waals surface area contributed by atoms with Crippen LogP contribution in [-0.4, -0.2) is 37.0 Å². The molecule has 4 aliphatic rings. The van der Waals surface area contributed by atoms with E-state index >= 15 is 0 Å². The van der Waals surface area contributed by atoms with Crippen molar-refractivity contribution in [1.82, 2.24) is 0 Å². The molecule has 2 unspecified atom stereocenters. The summed E-state index contributed by atoms with van der Waals surface area (Å²) >= 11 is 0. The van der Waals surface area contributed by atoms with Crippen LogP contribution in [0.5, 0.6) is 0 Å². The van der Waals surface area contributed by atoms with Crippen LogP contribution in [0.3, 0.4) is 0 Å². The molecular formula is C27H48O4. The Morgan fingerprint density at radius 1 is 0.613 bits per heavy atom. The van der Waals surface area contributed by atoms with Crippen LogP contribution in [0, 0.1) is 16.2 Å². The molecule has 4 rings (SSSR count). The lowest BCUT2D eigenvalue weighted by Gasteiger charge is -2.41. The zero-order valence-corrected chi connectivity index (χ0v) is 21.2. The van der Waals surface area contributed by atoms with Crippen molar-refractivity contribution in [3.8, 4) is 0 Å². The van der Waals surface area contributed by atoms with Gasteiger partial charge in [-0.15, -0.1) is 0 Å². The molecule has 0 bridgehead atoms. The molecule has 2 aliphatic carbocycles. The fourth-order valence-electron chi connectivity index (χ4n) is 5.97. The lowest BCUT2D eigenvalue weighted by molar-refractivity contribution is -0.213. The fraction of sp³-hybridized carbons (Fsp3) is 1.00. The predicted octanol–water partition coefficient (Wildman–Crippen LogP) is 7.00. The van der Waals surface area contributed by atoms with E-state index in [0.717, 1.165) is 25.7 Å². The first-order valence-corrected chi connectivity index (χ1v) is 13.0. The maximum atomic E-state index is 6.46. The summed E-state index contributed by atoms with van der Waals surface area (Å²) in [4.78, 5) is 0. The Kier molecular flexibility index (Phi) is 6.62. The molecule has 2 saturated heterocycles. The molecule has 0 aromatic rings. The molecule has 2 heterocycles. The molecule has 2 atom stereocenters. The van der Waals surface area contributed by atoms with Gasteiger partial charge in [0, 0.05) is 18.3 Å². The molecule has 2 aliphatic heterocycles. The van der Waals surface area contributed by atoms with E-state index in [9.17, 15) is 0 Å². The zero-order valence-electron chi connectivity index (χ0n) is 21.2. The Hall–Kier alpha value is -0.160. The van der Waals surface area contributed by atoms with Gasteiger partial charge in [0.25, 0.3) is 0 Å². The van der Waals surface area contributed by atoms with Crippen LogP contribution < -0.4 is 0 Å². The molecule has 4 heteroatoms. The molecule has 4 fully saturated rings. The third kappa shape index (κ3) is 6.05. The highest BCUT2D eigenvalue weighted by atomic mass is 16.7. The van der Waals surface area contributed by atoms with Crippen molar-refractivity contribution in [2.24, 2.45) is 16.2 Å². The molecule has 0 aromatic heterocycles. The van der Waals surface area contributed by atoms with Gasteiger partial charge in [0.15, 0.2) is 12.6 Å². The topological polar surface area (TPSA) is 36.9 Å². The summed E-state index contributed by atoms with van der Waals surface area (Å²) in [6.07, 6.45) is 14.1. The quantitative estimate of drug-likeness (QED) is 0.449. The van der Waals surface area contributed by atoms with Gasteiger partial charge in [0.2, 0.25) is 0 Å². The highest BCUT2D eigenvalue weighted by molar-refractivity contribution is 4.95. The van der Waals surface area contributed by atoms with E-state index in [4.69, 9.17) is 18.9 Å². The Bertz CT molecular complexity index is 551. The smallest absolute Gasteiger partial charge is 0.158 e. The Balaban J connectivity index is 1.17. The summed E-state index contributed by atoms with van der Waals surface area (Å²) < 4.78 is 25.4. The number of ether oxygens (including phenoxy) is 4. The van der Waals surface area contributed by atoms with Gasteiger partial charge < -0.3 is 18.9 Å². The van der Waals surface area contributed by atoms with Crippen LogP contribution in [-0.2, 0) is 18.9 Å². The average Bonchev–Trinajstić information content (AvgIpc) is 3.30. The Labute approximate surface area is 191 Å². The molecular weight excluding hydrogens is 388 g/mol. The first-order valence-electron chi connectivity index (χ1n) is 13.0. The monoisotopic (exact) mass is 436 g/mol. The van der Waals surface area contributed by atoms with Gasteiger partial charge in [0.05, 0.1) is 24.4 Å². The number of hydrogen-bond donors (Lipinski definition) is 0. The van der Waals surface area contributed by atoms with Crippen molar-refractivity contribution in [2.75, 3.05) is 13.2 Å². The molecule has 4 nitrogen and oxygen atoms in total. The van der Waals surface area contributed by atoms with E-state index in [1.807, 2.05) is 0 Å². The summed E-state index contributed by atoms with van der Waals surface area (Å²) in [5.74, 6) is 0. The summed E-state index contributed by atoms with van der Waals surface area (Å²) in [5, 5.41) is 0. The molecule has 0 aromatic carbocycles. The van der Waals surface area contributed by atoms with Crippen LogP contribution in [0.1, 0.15) is 119 Å². The summed E-state index contributed by atoms with van der Waals surface area (Å²) in [5.41, 5.74) is 1.08. The third-order valence-corrected chi connectivity index (χ3v) is 8.78. The van der Waals surface area contributed by atoms with E-state index in [1.54, 1.807) is 0 Å². The highest BCUT2D eigenvalue weighted by Gasteiger charge is 2.46.